The normalized spacial score (nSPS) is 14.3. The van der Waals surface area contributed by atoms with Gasteiger partial charge in [-0.05, 0) is 11.1 Å². The molecule has 0 atom stereocenters. The van der Waals surface area contributed by atoms with Crippen molar-refractivity contribution in [1.82, 2.24) is 0 Å². The number of aliphatic imine (C=N–C) groups is 2. The molecule has 1 heterocycles. The molecule has 0 unspecified atom stereocenters. The molecule has 0 bridgehead atoms. The summed E-state index contributed by atoms with van der Waals surface area (Å²) in [6.07, 6.45) is 2.96. The minimum atomic E-state index is -0.154. The molecule has 0 spiro atoms. The molecular formula is C30H39N2O13U-5. The molecule has 16 heteroatoms. The van der Waals surface area contributed by atoms with Crippen LogP contribution in [-0.2, 0) is 35.4 Å². The number of para-hydroxylation sites is 2. The zero-order valence-corrected chi connectivity index (χ0v) is 29.2. The molecule has 1 aliphatic rings. The molecule has 0 aromatic heterocycles. The van der Waals surface area contributed by atoms with E-state index in [1.807, 2.05) is 0 Å². The van der Waals surface area contributed by atoms with Crippen LogP contribution in [0.1, 0.15) is 11.1 Å². The Labute approximate surface area is 290 Å². The molecule has 256 valence electrons. The van der Waals surface area contributed by atoms with Gasteiger partial charge in [0, 0.05) is 55.7 Å². The fraction of sp³-hybridized carbons (Fsp3) is 0.333. The summed E-state index contributed by atoms with van der Waals surface area (Å²) >= 11 is 0. The molecule has 3 aromatic rings. The standard InChI is InChI=1S/C30H34N2O8.3H2O.2O.U/c33-27-7-3-1-5-23(27)21-31-25-19-29-30(20-26(25)32-22-24-6-2-4-8-28(24)34)40-18-16-38-14-12-36-10-9-35-11-13-37-15-17-39-29;;;;;;/h1-8,19-22,33-34H,9-18H2;3*1H2;;;/q;;;;2*-2;/p-1. The van der Waals surface area contributed by atoms with Gasteiger partial charge in [0.2, 0.25) is 0 Å². The Morgan fingerprint density at radius 1 is 0.522 bits per heavy atom. The van der Waals surface area contributed by atoms with E-state index in [2.05, 4.69) is 9.98 Å². The van der Waals surface area contributed by atoms with Gasteiger partial charge in [-0.1, -0.05) is 48.5 Å². The summed E-state index contributed by atoms with van der Waals surface area (Å²) in [6.45, 7) is 3.92. The van der Waals surface area contributed by atoms with E-state index < -0.39 is 0 Å². The quantitative estimate of drug-likeness (QED) is 0.260. The van der Waals surface area contributed by atoms with Crippen molar-refractivity contribution in [2.45, 2.75) is 0 Å². The Morgan fingerprint density at radius 2 is 0.826 bits per heavy atom. The molecule has 15 nitrogen and oxygen atoms in total. The van der Waals surface area contributed by atoms with Crippen molar-refractivity contribution in [3.8, 4) is 23.0 Å². The van der Waals surface area contributed by atoms with Gasteiger partial charge in [0.15, 0.2) is 11.5 Å². The van der Waals surface area contributed by atoms with Gasteiger partial charge >= 0.3 is 0 Å². The third-order valence-electron chi connectivity index (χ3n) is 5.65. The van der Waals surface area contributed by atoms with Crippen LogP contribution in [0.3, 0.4) is 0 Å². The number of rotatable bonds is 4. The molecule has 0 amide bonds. The van der Waals surface area contributed by atoms with Crippen LogP contribution in [-0.4, -0.2) is 89.5 Å². The van der Waals surface area contributed by atoms with Crippen molar-refractivity contribution in [1.29, 1.82) is 0 Å². The summed E-state index contributed by atoms with van der Waals surface area (Å²) in [6, 6.07) is 16.6. The Morgan fingerprint density at radius 3 is 1.15 bits per heavy atom. The largest absolute Gasteiger partial charge is 2.00 e. The minimum Gasteiger partial charge on any atom is -2.00 e. The number of ether oxygens (including phenoxy) is 6. The fourth-order valence-corrected chi connectivity index (χ4v) is 3.61. The maximum absolute atomic E-state index is 12.2. The summed E-state index contributed by atoms with van der Waals surface area (Å²) in [7, 11) is 0. The number of hydrogen-bond donors (Lipinski definition) is 0. The van der Waals surface area contributed by atoms with Gasteiger partial charge in [-0.25, -0.2) is 0 Å². The van der Waals surface area contributed by atoms with Crippen molar-refractivity contribution >= 4 is 23.8 Å². The van der Waals surface area contributed by atoms with Crippen LogP contribution in [0.5, 0.6) is 23.0 Å². The number of fused-ring (bicyclic) bond motifs is 1. The third-order valence-corrected chi connectivity index (χ3v) is 5.65. The van der Waals surface area contributed by atoms with Gasteiger partial charge in [0.1, 0.15) is 13.2 Å². The van der Waals surface area contributed by atoms with Crippen LogP contribution in [0.2, 0.25) is 0 Å². The average Bonchev–Trinajstić information content (AvgIpc) is 2.96. The van der Waals surface area contributed by atoms with E-state index in [1.165, 1.54) is 24.6 Å². The summed E-state index contributed by atoms with van der Waals surface area (Å²) in [4.78, 5) is 9.08. The van der Waals surface area contributed by atoms with Crippen molar-refractivity contribution in [2.24, 2.45) is 9.98 Å². The van der Waals surface area contributed by atoms with E-state index >= 15 is 0 Å². The summed E-state index contributed by atoms with van der Waals surface area (Å²) in [5.74, 6) is 0.545. The average molecular weight is 874 g/mol. The Balaban J connectivity index is -0.00000308. The topological polar surface area (TPSA) is 279 Å². The monoisotopic (exact) mass is 873 g/mol. The van der Waals surface area contributed by atoms with E-state index in [0.717, 1.165) is 0 Å². The second kappa shape index (κ2) is 27.0. The molecule has 46 heavy (non-hydrogen) atoms. The smallest absolute Gasteiger partial charge is 0.163 e. The molecule has 0 radical (unpaired) electrons. The predicted molar refractivity (Wildman–Crippen MR) is 160 cm³/mol. The number of nitrogens with zero attached hydrogens (tertiary/aromatic N) is 2. The van der Waals surface area contributed by atoms with Gasteiger partial charge in [-0.15, -0.1) is 11.5 Å². The van der Waals surface area contributed by atoms with Crippen LogP contribution < -0.4 is 19.7 Å². The van der Waals surface area contributed by atoms with E-state index in [1.54, 1.807) is 48.5 Å². The molecule has 0 aliphatic carbocycles. The zero-order chi connectivity index (χ0) is 27.8. The molecule has 0 saturated carbocycles. The molecule has 0 saturated heterocycles. The van der Waals surface area contributed by atoms with Crippen LogP contribution in [0.15, 0.2) is 70.6 Å². The van der Waals surface area contributed by atoms with Gasteiger partial charge in [0.05, 0.1) is 64.2 Å². The SMILES string of the molecule is O.O.[O-2].[O-2].[O-]c1ccccc1C=Nc1cc2c(cc1N=Cc1ccccc1[O-])OCCOCCOCCOCCOCCO2.[OH3+].[U]. The zero-order valence-electron chi connectivity index (χ0n) is 25.1. The van der Waals surface area contributed by atoms with Crippen molar-refractivity contribution in [3.05, 3.63) is 71.8 Å². The summed E-state index contributed by atoms with van der Waals surface area (Å²) in [5, 5.41) is 24.4. The van der Waals surface area contributed by atoms with Crippen molar-refractivity contribution in [3.63, 3.8) is 0 Å². The van der Waals surface area contributed by atoms with Crippen molar-refractivity contribution < 1.29 is 97.1 Å². The van der Waals surface area contributed by atoms with E-state index in [9.17, 15) is 10.2 Å². The maximum Gasteiger partial charge on any atom is 0.163 e. The van der Waals surface area contributed by atoms with Gasteiger partial charge < -0.3 is 66.0 Å². The van der Waals surface area contributed by atoms with Gasteiger partial charge in [0.25, 0.3) is 0 Å². The predicted octanol–water partition coefficient (Wildman–Crippen LogP) is 0.364. The van der Waals surface area contributed by atoms with Crippen LogP contribution in [0.25, 0.3) is 0 Å². The Kier molecular flexibility index (Phi) is 27.8. The molecule has 7 N–H and O–H groups in total. The van der Waals surface area contributed by atoms with Crippen LogP contribution in [0, 0.1) is 31.1 Å². The first-order valence-corrected chi connectivity index (χ1v) is 13.1. The van der Waals surface area contributed by atoms with Crippen LogP contribution >= 0.6 is 0 Å². The van der Waals surface area contributed by atoms with E-state index in [-0.39, 0.29) is 83.2 Å². The number of benzene rings is 3. The molecule has 3 aromatic carbocycles. The molecular weight excluding hydrogens is 834 g/mol. The first-order valence-electron chi connectivity index (χ1n) is 13.1. The first kappa shape index (κ1) is 47.3. The van der Waals surface area contributed by atoms with Gasteiger partial charge in [-0.2, -0.15) is 0 Å². The molecule has 4 rings (SSSR count). The molecule has 1 aliphatic heterocycles. The second-order valence-corrected chi connectivity index (χ2v) is 8.53. The Bertz CT molecular complexity index is 1180. The second-order valence-electron chi connectivity index (χ2n) is 8.53. The Hall–Kier alpha value is -3.11. The molecule has 0 fully saturated rings. The van der Waals surface area contributed by atoms with Crippen molar-refractivity contribution in [2.75, 3.05) is 66.1 Å². The maximum atomic E-state index is 12.2. The summed E-state index contributed by atoms with van der Waals surface area (Å²) in [5.41, 5.74) is 1.70. The van der Waals surface area contributed by atoms with Gasteiger partial charge in [-0.3, -0.25) is 9.98 Å². The van der Waals surface area contributed by atoms with Crippen LogP contribution in [0.4, 0.5) is 11.4 Å². The first-order chi connectivity index (χ1) is 19.7. The van der Waals surface area contributed by atoms with E-state index in [4.69, 9.17) is 28.4 Å². The van der Waals surface area contributed by atoms with E-state index in [0.29, 0.717) is 86.9 Å². The minimum absolute atomic E-state index is 0. The third kappa shape index (κ3) is 15.9. The fourth-order valence-electron chi connectivity index (χ4n) is 3.61. The summed E-state index contributed by atoms with van der Waals surface area (Å²) < 4.78 is 34.1. The number of hydrogen-bond acceptors (Lipinski definition) is 10.